The predicted molar refractivity (Wildman–Crippen MR) is 315 cm³/mol. The average Bonchev–Trinajstić information content (AvgIpc) is 3.38. The molecule has 3 N–H and O–H groups in total. The Balaban J connectivity index is 3.41. The van der Waals surface area contributed by atoms with Gasteiger partial charge in [-0.15, -0.1) is 0 Å². The molecule has 2 atom stereocenters. The first-order valence-corrected chi connectivity index (χ1v) is 32.6. The number of hydrogen-bond acceptors (Lipinski definition) is 5. The maximum atomic E-state index is 12.5. The SMILES string of the molecule is CCCCCCCCCCCCCCC/C=C/C(O)C(CO)NC(=O)CCCCCCCCC/C=C\CCCCCCCCCCCCOC(=O)CCCCCCCCCCCCCCCCCCCCC. The number of rotatable bonds is 61. The Morgan fingerprint density at radius 2 is 0.653 bits per heavy atom. The molecule has 0 aromatic carbocycles. The molecule has 2 unspecified atom stereocenters. The van der Waals surface area contributed by atoms with Gasteiger partial charge in [-0.05, 0) is 57.8 Å². The van der Waals surface area contributed by atoms with Gasteiger partial charge in [0.2, 0.25) is 5.91 Å². The minimum Gasteiger partial charge on any atom is -0.466 e. The Morgan fingerprint density at radius 3 is 0.986 bits per heavy atom. The number of unbranched alkanes of at least 4 members (excludes halogenated alkanes) is 48. The first-order valence-electron chi connectivity index (χ1n) is 32.6. The van der Waals surface area contributed by atoms with E-state index in [4.69, 9.17) is 4.74 Å². The zero-order valence-corrected chi connectivity index (χ0v) is 48.7. The highest BCUT2D eigenvalue weighted by Gasteiger charge is 2.18. The molecule has 0 fully saturated rings. The van der Waals surface area contributed by atoms with E-state index >= 15 is 0 Å². The molecular weight excluding hydrogens is 887 g/mol. The van der Waals surface area contributed by atoms with Crippen molar-refractivity contribution < 1.29 is 24.5 Å². The van der Waals surface area contributed by atoms with E-state index in [-0.39, 0.29) is 18.5 Å². The number of allylic oxidation sites excluding steroid dienone is 3. The smallest absolute Gasteiger partial charge is 0.305 e. The van der Waals surface area contributed by atoms with Gasteiger partial charge in [0.05, 0.1) is 25.4 Å². The molecule has 0 spiro atoms. The molecule has 0 aromatic rings. The van der Waals surface area contributed by atoms with Crippen LogP contribution >= 0.6 is 0 Å². The van der Waals surface area contributed by atoms with Crippen molar-refractivity contribution in [2.24, 2.45) is 0 Å². The number of carbonyl (C=O) groups is 2. The van der Waals surface area contributed by atoms with E-state index in [0.717, 1.165) is 44.9 Å². The Kier molecular flexibility index (Phi) is 60.5. The van der Waals surface area contributed by atoms with Crippen molar-refractivity contribution in [3.63, 3.8) is 0 Å². The first-order chi connectivity index (χ1) is 35.5. The van der Waals surface area contributed by atoms with Crippen molar-refractivity contribution in [1.29, 1.82) is 0 Å². The van der Waals surface area contributed by atoms with Gasteiger partial charge in [0.15, 0.2) is 0 Å². The summed E-state index contributed by atoms with van der Waals surface area (Å²) in [6.07, 6.45) is 76.6. The fourth-order valence-electron chi connectivity index (χ4n) is 10.2. The van der Waals surface area contributed by atoms with E-state index < -0.39 is 12.1 Å². The van der Waals surface area contributed by atoms with Gasteiger partial charge in [0.25, 0.3) is 0 Å². The lowest BCUT2D eigenvalue weighted by Crippen LogP contribution is -2.45. The lowest BCUT2D eigenvalue weighted by Gasteiger charge is -2.20. The highest BCUT2D eigenvalue weighted by Crippen LogP contribution is 2.18. The van der Waals surface area contributed by atoms with Crippen LogP contribution in [0, 0.1) is 0 Å². The van der Waals surface area contributed by atoms with Crippen LogP contribution in [0.3, 0.4) is 0 Å². The first kappa shape index (κ1) is 70.3. The van der Waals surface area contributed by atoms with Crippen molar-refractivity contribution in [2.45, 2.75) is 373 Å². The molecule has 0 saturated carbocycles. The third-order valence-corrected chi connectivity index (χ3v) is 15.2. The number of carbonyl (C=O) groups excluding carboxylic acids is 2. The number of amides is 1. The highest BCUT2D eigenvalue weighted by atomic mass is 16.5. The minimum atomic E-state index is -0.849. The molecule has 426 valence electrons. The van der Waals surface area contributed by atoms with E-state index in [1.807, 2.05) is 6.08 Å². The summed E-state index contributed by atoms with van der Waals surface area (Å²) in [5.41, 5.74) is 0. The maximum Gasteiger partial charge on any atom is 0.305 e. The Hall–Kier alpha value is -1.66. The summed E-state index contributed by atoms with van der Waals surface area (Å²) in [6, 6.07) is -0.633. The molecule has 6 nitrogen and oxygen atoms in total. The van der Waals surface area contributed by atoms with E-state index in [9.17, 15) is 19.8 Å². The topological polar surface area (TPSA) is 95.9 Å². The summed E-state index contributed by atoms with van der Waals surface area (Å²) in [4.78, 5) is 24.6. The molecule has 72 heavy (non-hydrogen) atoms. The Bertz CT molecular complexity index is 1120. The number of aliphatic hydroxyl groups is 2. The summed E-state index contributed by atoms with van der Waals surface area (Å²) in [5, 5.41) is 23.1. The highest BCUT2D eigenvalue weighted by molar-refractivity contribution is 5.76. The summed E-state index contributed by atoms with van der Waals surface area (Å²) in [6.45, 7) is 4.92. The van der Waals surface area contributed by atoms with Crippen LogP contribution in [0.4, 0.5) is 0 Å². The number of nitrogens with one attached hydrogen (secondary N) is 1. The molecule has 6 heteroatoms. The van der Waals surface area contributed by atoms with Crippen LogP contribution in [0.1, 0.15) is 361 Å². The third kappa shape index (κ3) is 57.6. The minimum absolute atomic E-state index is 0.0128. The molecule has 1 amide bonds. The molecule has 0 bridgehead atoms. The summed E-state index contributed by atoms with van der Waals surface area (Å²) < 4.78 is 5.50. The van der Waals surface area contributed by atoms with Crippen LogP contribution in [0.5, 0.6) is 0 Å². The number of hydrogen-bond donors (Lipinski definition) is 3. The Morgan fingerprint density at radius 1 is 0.375 bits per heavy atom. The van der Waals surface area contributed by atoms with Crippen LogP contribution in [0.25, 0.3) is 0 Å². The van der Waals surface area contributed by atoms with Gasteiger partial charge in [0, 0.05) is 12.8 Å². The van der Waals surface area contributed by atoms with Gasteiger partial charge in [-0.2, -0.15) is 0 Å². The quantitative estimate of drug-likeness (QED) is 0.0320. The van der Waals surface area contributed by atoms with Gasteiger partial charge in [-0.1, -0.05) is 314 Å². The van der Waals surface area contributed by atoms with Crippen LogP contribution in [-0.4, -0.2) is 47.4 Å². The van der Waals surface area contributed by atoms with Crippen LogP contribution in [0.2, 0.25) is 0 Å². The fourth-order valence-corrected chi connectivity index (χ4v) is 10.2. The maximum absolute atomic E-state index is 12.5. The van der Waals surface area contributed by atoms with Crippen molar-refractivity contribution in [3.05, 3.63) is 24.3 Å². The normalized spacial score (nSPS) is 12.7. The second-order valence-electron chi connectivity index (χ2n) is 22.5. The van der Waals surface area contributed by atoms with Crippen LogP contribution < -0.4 is 5.32 Å². The van der Waals surface area contributed by atoms with Gasteiger partial charge in [-0.3, -0.25) is 9.59 Å². The number of aliphatic hydroxyl groups excluding tert-OH is 2. The number of esters is 1. The van der Waals surface area contributed by atoms with Crippen molar-refractivity contribution in [1.82, 2.24) is 5.32 Å². The third-order valence-electron chi connectivity index (χ3n) is 15.2. The molecule has 0 heterocycles. The van der Waals surface area contributed by atoms with E-state index in [1.54, 1.807) is 6.08 Å². The zero-order chi connectivity index (χ0) is 52.2. The second kappa shape index (κ2) is 61.9. The largest absolute Gasteiger partial charge is 0.466 e. The lowest BCUT2D eigenvalue weighted by atomic mass is 10.0. The van der Waals surface area contributed by atoms with Crippen molar-refractivity contribution in [2.75, 3.05) is 13.2 Å². The summed E-state index contributed by atoms with van der Waals surface area (Å²) >= 11 is 0. The van der Waals surface area contributed by atoms with E-state index in [2.05, 4.69) is 31.3 Å². The Labute approximate surface area is 450 Å². The van der Waals surface area contributed by atoms with E-state index in [0.29, 0.717) is 19.4 Å². The van der Waals surface area contributed by atoms with Crippen molar-refractivity contribution >= 4 is 11.9 Å². The van der Waals surface area contributed by atoms with Gasteiger partial charge in [-0.25, -0.2) is 0 Å². The van der Waals surface area contributed by atoms with Gasteiger partial charge in [0.1, 0.15) is 0 Å². The monoisotopic (exact) mass is 1010 g/mol. The standard InChI is InChI=1S/C66H127NO5/c1-3-5-7-9-11-13-15-17-19-20-24-28-32-36-40-44-48-52-56-60-66(71)72-61-57-53-49-45-41-37-33-29-26-23-21-22-25-27-31-35-39-43-47-51-55-59-65(70)67-63(62-68)64(69)58-54-50-46-42-38-34-30-18-16-14-12-10-8-6-4-2/h22,25,54,58,63-64,68-69H,3-21,23-24,26-53,55-57,59-62H2,1-2H3,(H,67,70)/b25-22-,58-54+. The lowest BCUT2D eigenvalue weighted by molar-refractivity contribution is -0.143. The van der Waals surface area contributed by atoms with Gasteiger partial charge >= 0.3 is 5.97 Å². The molecule has 0 aliphatic rings. The molecule has 0 radical (unpaired) electrons. The van der Waals surface area contributed by atoms with E-state index in [1.165, 1.54) is 289 Å². The van der Waals surface area contributed by atoms with Gasteiger partial charge < -0.3 is 20.3 Å². The van der Waals surface area contributed by atoms with Crippen LogP contribution in [-0.2, 0) is 14.3 Å². The molecule has 0 aliphatic carbocycles. The summed E-state index contributed by atoms with van der Waals surface area (Å²) in [7, 11) is 0. The van der Waals surface area contributed by atoms with Crippen molar-refractivity contribution in [3.8, 4) is 0 Å². The molecule has 0 aromatic heterocycles. The zero-order valence-electron chi connectivity index (χ0n) is 48.7. The molecule has 0 aliphatic heterocycles. The summed E-state index contributed by atoms with van der Waals surface area (Å²) in [5.74, 6) is -0.0610. The molecular formula is C66H127NO5. The molecule has 0 saturated heterocycles. The second-order valence-corrected chi connectivity index (χ2v) is 22.5. The fraction of sp³-hybridized carbons (Fsp3) is 0.909. The molecule has 0 rings (SSSR count). The number of ether oxygens (including phenoxy) is 1. The average molecular weight is 1010 g/mol. The predicted octanol–water partition coefficient (Wildman–Crippen LogP) is 20.6. The van der Waals surface area contributed by atoms with Crippen LogP contribution in [0.15, 0.2) is 24.3 Å².